The molecule has 2 amide bonds. The maximum atomic E-state index is 13.7. The predicted molar refractivity (Wildman–Crippen MR) is 142 cm³/mol. The lowest BCUT2D eigenvalue weighted by molar-refractivity contribution is -0.133. The molecule has 4 aromatic rings. The molecule has 0 fully saturated rings. The summed E-state index contributed by atoms with van der Waals surface area (Å²) in [6, 6.07) is 21.3. The van der Waals surface area contributed by atoms with Crippen LogP contribution in [-0.4, -0.2) is 40.9 Å². The van der Waals surface area contributed by atoms with E-state index in [4.69, 9.17) is 16.3 Å². The molecule has 1 N–H and O–H groups in total. The number of halogens is 1. The van der Waals surface area contributed by atoms with Crippen LogP contribution in [0.25, 0.3) is 10.9 Å². The minimum absolute atomic E-state index is 0.0681. The molecule has 1 aliphatic rings. The van der Waals surface area contributed by atoms with Gasteiger partial charge in [0.05, 0.1) is 5.69 Å². The summed E-state index contributed by atoms with van der Waals surface area (Å²) in [6.07, 6.45) is 2.01. The lowest BCUT2D eigenvalue weighted by Gasteiger charge is -2.34. The monoisotopic (exact) mass is 501 g/mol. The first-order valence-corrected chi connectivity index (χ1v) is 12.4. The smallest absolute Gasteiger partial charge is 0.268 e. The van der Waals surface area contributed by atoms with E-state index >= 15 is 0 Å². The fraction of sp³-hybridized carbons (Fsp3) is 0.241. The van der Waals surface area contributed by atoms with Crippen LogP contribution in [0.4, 0.5) is 5.69 Å². The second kappa shape index (κ2) is 10.1. The Bertz CT molecular complexity index is 1430. The lowest BCUT2D eigenvalue weighted by Crippen LogP contribution is -2.49. The second-order valence-corrected chi connectivity index (χ2v) is 9.58. The molecule has 1 aliphatic heterocycles. The molecule has 3 aromatic carbocycles. The molecule has 0 spiro atoms. The highest BCUT2D eigenvalue weighted by Crippen LogP contribution is 2.35. The van der Waals surface area contributed by atoms with Crippen molar-refractivity contribution in [2.45, 2.75) is 32.9 Å². The van der Waals surface area contributed by atoms with Crippen LogP contribution in [0, 0.1) is 6.92 Å². The third-order valence-electron chi connectivity index (χ3n) is 6.61. The van der Waals surface area contributed by atoms with Crippen LogP contribution >= 0.6 is 11.6 Å². The van der Waals surface area contributed by atoms with Gasteiger partial charge in [0.2, 0.25) is 5.91 Å². The molecule has 36 heavy (non-hydrogen) atoms. The summed E-state index contributed by atoms with van der Waals surface area (Å²) in [6.45, 7) is 4.44. The zero-order valence-corrected chi connectivity index (χ0v) is 21.1. The van der Waals surface area contributed by atoms with Crippen LogP contribution in [0.2, 0.25) is 5.02 Å². The number of hydrogen-bond acceptors (Lipinski definition) is 3. The molecule has 0 saturated heterocycles. The molecule has 5 rings (SSSR count). The summed E-state index contributed by atoms with van der Waals surface area (Å²) in [5.41, 5.74) is 4.69. The van der Waals surface area contributed by atoms with Gasteiger partial charge in [-0.05, 0) is 61.2 Å². The molecule has 0 bridgehead atoms. The summed E-state index contributed by atoms with van der Waals surface area (Å²) in [7, 11) is 0. The number of rotatable bonds is 7. The Morgan fingerprint density at radius 3 is 2.69 bits per heavy atom. The molecule has 2 heterocycles. The normalized spacial score (nSPS) is 15.0. The maximum Gasteiger partial charge on any atom is 0.268 e. The van der Waals surface area contributed by atoms with Gasteiger partial charge in [-0.25, -0.2) is 0 Å². The first-order valence-electron chi connectivity index (χ1n) is 12.1. The number of amides is 2. The number of ether oxygens (including phenoxy) is 1. The number of para-hydroxylation sites is 1. The van der Waals surface area contributed by atoms with Gasteiger partial charge in [0.25, 0.3) is 5.91 Å². The molecule has 1 aromatic heterocycles. The number of hydrogen-bond donors (Lipinski definition) is 1. The van der Waals surface area contributed by atoms with Crippen LogP contribution < -0.4 is 9.64 Å². The van der Waals surface area contributed by atoms with Crippen molar-refractivity contribution in [2.75, 3.05) is 18.0 Å². The van der Waals surface area contributed by atoms with Crippen LogP contribution in [0.3, 0.4) is 0 Å². The number of benzene rings is 3. The Labute approximate surface area is 215 Å². The van der Waals surface area contributed by atoms with Gasteiger partial charge in [0.15, 0.2) is 6.10 Å². The minimum Gasteiger partial charge on any atom is -0.479 e. The molecule has 1 atom stereocenters. The van der Waals surface area contributed by atoms with E-state index in [1.807, 2.05) is 73.8 Å². The van der Waals surface area contributed by atoms with Gasteiger partial charge in [0, 0.05) is 35.2 Å². The van der Waals surface area contributed by atoms with Gasteiger partial charge in [-0.2, -0.15) is 0 Å². The summed E-state index contributed by atoms with van der Waals surface area (Å²) in [5, 5.41) is 1.75. The van der Waals surface area contributed by atoms with Crippen molar-refractivity contribution in [1.82, 2.24) is 9.88 Å². The Morgan fingerprint density at radius 1 is 1.08 bits per heavy atom. The van der Waals surface area contributed by atoms with Crippen molar-refractivity contribution < 1.29 is 14.3 Å². The highest BCUT2D eigenvalue weighted by Gasteiger charge is 2.34. The Kier molecular flexibility index (Phi) is 6.70. The molecule has 0 aliphatic carbocycles. The van der Waals surface area contributed by atoms with E-state index in [1.165, 1.54) is 0 Å². The van der Waals surface area contributed by atoms with Crippen molar-refractivity contribution >= 4 is 40.0 Å². The van der Waals surface area contributed by atoms with Crippen LogP contribution in [0.1, 0.15) is 23.6 Å². The highest BCUT2D eigenvalue weighted by molar-refractivity contribution is 6.31. The number of nitrogens with zero attached hydrogens (tertiary/aromatic N) is 2. The van der Waals surface area contributed by atoms with Crippen molar-refractivity contribution in [2.24, 2.45) is 0 Å². The fourth-order valence-corrected chi connectivity index (χ4v) is 4.83. The van der Waals surface area contributed by atoms with E-state index < -0.39 is 6.10 Å². The number of H-pyrrole nitrogens is 1. The third kappa shape index (κ3) is 4.82. The largest absolute Gasteiger partial charge is 0.479 e. The van der Waals surface area contributed by atoms with E-state index in [9.17, 15) is 9.59 Å². The third-order valence-corrected chi connectivity index (χ3v) is 6.98. The molecule has 7 heteroatoms. The average Bonchev–Trinajstić information content (AvgIpc) is 3.29. The number of carbonyl (C=O) groups excluding carboxylic acids is 2. The van der Waals surface area contributed by atoms with Crippen molar-refractivity contribution in [3.05, 3.63) is 94.6 Å². The fourth-order valence-electron chi connectivity index (χ4n) is 4.63. The van der Waals surface area contributed by atoms with Crippen molar-refractivity contribution in [1.29, 1.82) is 0 Å². The Morgan fingerprint density at radius 2 is 1.86 bits per heavy atom. The van der Waals surface area contributed by atoms with Gasteiger partial charge < -0.3 is 14.6 Å². The standard InChI is InChI=1S/C29H28ClN3O3/c1-19-11-12-27-26(15-19)33(29(35)20(2)36-27)18-28(34)32(17-22-7-3-5-9-24(22)30)14-13-21-16-31-25-10-6-4-8-23(21)25/h3-12,15-16,20,31H,13-14,17-18H2,1-2H3. The summed E-state index contributed by atoms with van der Waals surface area (Å²) in [5.74, 6) is 0.234. The second-order valence-electron chi connectivity index (χ2n) is 9.17. The number of fused-ring (bicyclic) bond motifs is 2. The molecule has 184 valence electrons. The average molecular weight is 502 g/mol. The van der Waals surface area contributed by atoms with E-state index in [0.29, 0.717) is 36.0 Å². The Hall–Kier alpha value is -3.77. The summed E-state index contributed by atoms with van der Waals surface area (Å²) >= 11 is 6.45. The quantitative estimate of drug-likeness (QED) is 0.363. The number of carbonyl (C=O) groups is 2. The predicted octanol–water partition coefficient (Wildman–Crippen LogP) is 5.52. The van der Waals surface area contributed by atoms with E-state index in [-0.39, 0.29) is 18.4 Å². The number of aromatic amines is 1. The van der Waals surface area contributed by atoms with Crippen LogP contribution in [0.5, 0.6) is 5.75 Å². The maximum absolute atomic E-state index is 13.7. The van der Waals surface area contributed by atoms with Gasteiger partial charge in [-0.1, -0.05) is 54.1 Å². The highest BCUT2D eigenvalue weighted by atomic mass is 35.5. The first kappa shape index (κ1) is 23.9. The van der Waals surface area contributed by atoms with Gasteiger partial charge >= 0.3 is 0 Å². The van der Waals surface area contributed by atoms with Crippen molar-refractivity contribution in [3.63, 3.8) is 0 Å². The zero-order valence-electron chi connectivity index (χ0n) is 20.3. The van der Waals surface area contributed by atoms with Crippen molar-refractivity contribution in [3.8, 4) is 5.75 Å². The van der Waals surface area contributed by atoms with E-state index in [1.54, 1.807) is 16.7 Å². The number of aromatic nitrogens is 1. The van der Waals surface area contributed by atoms with Gasteiger partial charge in [0.1, 0.15) is 12.3 Å². The van der Waals surface area contributed by atoms with Crippen LogP contribution in [-0.2, 0) is 22.6 Å². The number of nitrogens with one attached hydrogen (secondary N) is 1. The number of anilines is 1. The molecule has 6 nitrogen and oxygen atoms in total. The van der Waals surface area contributed by atoms with Crippen LogP contribution in [0.15, 0.2) is 72.9 Å². The molecular formula is C29H28ClN3O3. The zero-order chi connectivity index (χ0) is 25.2. The Balaban J connectivity index is 1.41. The topological polar surface area (TPSA) is 65.6 Å². The minimum atomic E-state index is -0.656. The van der Waals surface area contributed by atoms with E-state index in [0.717, 1.165) is 27.6 Å². The number of aryl methyl sites for hydroxylation is 1. The lowest BCUT2D eigenvalue weighted by atomic mass is 10.1. The molecule has 0 saturated carbocycles. The summed E-state index contributed by atoms with van der Waals surface area (Å²) < 4.78 is 5.78. The molecular weight excluding hydrogens is 474 g/mol. The molecule has 0 radical (unpaired) electrons. The molecule has 1 unspecified atom stereocenters. The van der Waals surface area contributed by atoms with E-state index in [2.05, 4.69) is 11.1 Å². The van der Waals surface area contributed by atoms with Gasteiger partial charge in [-0.3, -0.25) is 14.5 Å². The first-order chi connectivity index (χ1) is 17.4. The SMILES string of the molecule is Cc1ccc2c(c1)N(CC(=O)N(CCc1c[nH]c3ccccc13)Cc1ccccc1Cl)C(=O)C(C)O2. The summed E-state index contributed by atoms with van der Waals surface area (Å²) in [4.78, 5) is 33.4. The van der Waals surface area contributed by atoms with Gasteiger partial charge in [-0.15, -0.1) is 0 Å².